The van der Waals surface area contributed by atoms with E-state index in [1.165, 1.54) is 5.56 Å². The van der Waals surface area contributed by atoms with Gasteiger partial charge in [0.25, 0.3) is 0 Å². The van der Waals surface area contributed by atoms with Crippen LogP contribution in [0.2, 0.25) is 0 Å². The van der Waals surface area contributed by atoms with Gasteiger partial charge in [-0.05, 0) is 61.3 Å². The number of aliphatic imine (C=N–C) groups is 1. The molecule has 3 nitrogen and oxygen atoms in total. The number of hydrogen-bond acceptors (Lipinski definition) is 3. The Balaban J connectivity index is 2.15. The zero-order valence-electron chi connectivity index (χ0n) is 9.70. The van der Waals surface area contributed by atoms with Gasteiger partial charge in [0.05, 0.1) is 5.54 Å². The summed E-state index contributed by atoms with van der Waals surface area (Å²) in [5.74, 6) is 0.398. The molecule has 0 saturated heterocycles. The fourth-order valence-electron chi connectivity index (χ4n) is 2.93. The largest absolute Gasteiger partial charge is 0.508 e. The highest BCUT2D eigenvalue weighted by Gasteiger charge is 2.46. The van der Waals surface area contributed by atoms with Gasteiger partial charge in [0, 0.05) is 0 Å². The van der Waals surface area contributed by atoms with Gasteiger partial charge < -0.3 is 5.11 Å². The quantitative estimate of drug-likeness (QED) is 0.626. The van der Waals surface area contributed by atoms with E-state index in [1.54, 1.807) is 12.1 Å². The van der Waals surface area contributed by atoms with E-state index in [1.807, 2.05) is 6.07 Å². The van der Waals surface area contributed by atoms with Crippen LogP contribution in [0.1, 0.15) is 42.4 Å². The Morgan fingerprint density at radius 2 is 1.88 bits per heavy atom. The van der Waals surface area contributed by atoms with Gasteiger partial charge in [0.1, 0.15) is 5.75 Å². The lowest BCUT2D eigenvalue weighted by molar-refractivity contribution is 0.460. The predicted molar refractivity (Wildman–Crippen MR) is 63.8 cm³/mol. The molecular weight excluding hydrogens is 214 g/mol. The third-order valence-electron chi connectivity index (χ3n) is 3.99. The molecule has 0 spiro atoms. The van der Waals surface area contributed by atoms with Crippen molar-refractivity contribution in [2.45, 2.75) is 44.1 Å². The van der Waals surface area contributed by atoms with Crippen LogP contribution >= 0.6 is 0 Å². The van der Waals surface area contributed by atoms with Crippen LogP contribution in [0.25, 0.3) is 0 Å². The summed E-state index contributed by atoms with van der Waals surface area (Å²) in [7, 11) is 0. The number of benzene rings is 1. The first-order chi connectivity index (χ1) is 8.27. The lowest BCUT2D eigenvalue weighted by Gasteiger charge is -2.23. The van der Waals surface area contributed by atoms with Crippen molar-refractivity contribution in [1.29, 1.82) is 0 Å². The molecule has 1 saturated carbocycles. The van der Waals surface area contributed by atoms with Crippen molar-refractivity contribution < 1.29 is 9.90 Å². The fourth-order valence-corrected chi connectivity index (χ4v) is 2.93. The lowest BCUT2D eigenvalue weighted by atomic mass is 9.84. The third-order valence-corrected chi connectivity index (χ3v) is 3.99. The molecule has 17 heavy (non-hydrogen) atoms. The topological polar surface area (TPSA) is 49.7 Å². The first-order valence-electron chi connectivity index (χ1n) is 6.20. The van der Waals surface area contributed by atoms with Gasteiger partial charge in [-0.25, -0.2) is 4.79 Å². The van der Waals surface area contributed by atoms with Crippen molar-refractivity contribution in [3.63, 3.8) is 0 Å². The van der Waals surface area contributed by atoms with Crippen molar-refractivity contribution in [2.75, 3.05) is 0 Å². The number of rotatable bonds is 2. The standard InChI is InChI=1S/C14H15NO2/c16-9-15-14(7-8-14)12-5-6-13(17)11-4-2-1-3-10(11)12/h5-6,17H,1-4,7-8H2. The molecule has 1 fully saturated rings. The number of carbonyl (C=O) groups excluding carboxylic acids is 1. The summed E-state index contributed by atoms with van der Waals surface area (Å²) >= 11 is 0. The maximum absolute atomic E-state index is 10.5. The second-order valence-corrected chi connectivity index (χ2v) is 5.03. The van der Waals surface area contributed by atoms with Crippen LogP contribution in [0.5, 0.6) is 5.75 Å². The Kier molecular flexibility index (Phi) is 2.30. The molecule has 1 aromatic carbocycles. The van der Waals surface area contributed by atoms with Gasteiger partial charge in [0.2, 0.25) is 6.08 Å². The Labute approximate surface area is 100 Å². The Bertz CT molecular complexity index is 511. The number of isocyanates is 1. The van der Waals surface area contributed by atoms with Gasteiger partial charge in [-0.1, -0.05) is 6.07 Å². The molecule has 0 unspecified atom stereocenters. The van der Waals surface area contributed by atoms with E-state index in [-0.39, 0.29) is 5.54 Å². The van der Waals surface area contributed by atoms with Gasteiger partial charge in [-0.2, -0.15) is 4.99 Å². The Morgan fingerprint density at radius 3 is 2.53 bits per heavy atom. The monoisotopic (exact) mass is 229 g/mol. The normalized spacial score (nSPS) is 20.2. The number of phenolic OH excluding ortho intramolecular Hbond substituents is 1. The second-order valence-electron chi connectivity index (χ2n) is 5.03. The minimum atomic E-state index is -0.309. The van der Waals surface area contributed by atoms with Crippen LogP contribution in [-0.4, -0.2) is 11.2 Å². The van der Waals surface area contributed by atoms with E-state index in [4.69, 9.17) is 0 Å². The molecule has 0 bridgehead atoms. The molecule has 1 N–H and O–H groups in total. The van der Waals surface area contributed by atoms with Crippen molar-refractivity contribution >= 4 is 6.08 Å². The van der Waals surface area contributed by atoms with E-state index in [0.29, 0.717) is 5.75 Å². The van der Waals surface area contributed by atoms with Crippen LogP contribution in [0.15, 0.2) is 17.1 Å². The molecule has 0 aromatic heterocycles. The van der Waals surface area contributed by atoms with Crippen molar-refractivity contribution in [3.8, 4) is 5.75 Å². The molecule has 0 heterocycles. The van der Waals surface area contributed by atoms with E-state index in [2.05, 4.69) is 4.99 Å². The molecule has 0 atom stereocenters. The van der Waals surface area contributed by atoms with E-state index >= 15 is 0 Å². The average molecular weight is 229 g/mol. The summed E-state index contributed by atoms with van der Waals surface area (Å²) < 4.78 is 0. The minimum absolute atomic E-state index is 0.309. The van der Waals surface area contributed by atoms with Crippen LogP contribution < -0.4 is 0 Å². The second kappa shape index (κ2) is 3.71. The van der Waals surface area contributed by atoms with Crippen LogP contribution in [-0.2, 0) is 23.2 Å². The number of hydrogen-bond donors (Lipinski definition) is 1. The summed E-state index contributed by atoms with van der Waals surface area (Å²) in [4.78, 5) is 14.5. The maximum atomic E-state index is 10.5. The molecule has 3 heteroatoms. The fraction of sp³-hybridized carbons (Fsp3) is 0.500. The third kappa shape index (κ3) is 1.58. The molecule has 2 aliphatic carbocycles. The first kappa shape index (κ1) is 10.5. The highest BCUT2D eigenvalue weighted by atomic mass is 16.3. The zero-order chi connectivity index (χ0) is 11.9. The molecule has 3 rings (SSSR count). The number of fused-ring (bicyclic) bond motifs is 1. The smallest absolute Gasteiger partial charge is 0.235 e. The first-order valence-corrected chi connectivity index (χ1v) is 6.20. The van der Waals surface area contributed by atoms with Crippen LogP contribution in [0.4, 0.5) is 0 Å². The summed E-state index contributed by atoms with van der Waals surface area (Å²) in [6.45, 7) is 0. The van der Waals surface area contributed by atoms with Crippen molar-refractivity contribution in [3.05, 3.63) is 28.8 Å². The van der Waals surface area contributed by atoms with Gasteiger partial charge in [-0.3, -0.25) is 0 Å². The molecule has 0 radical (unpaired) electrons. The predicted octanol–water partition coefficient (Wildman–Crippen LogP) is 2.60. The summed E-state index contributed by atoms with van der Waals surface area (Å²) in [6.07, 6.45) is 7.79. The number of nitrogens with zero attached hydrogens (tertiary/aromatic N) is 1. The molecule has 1 aromatic rings. The molecule has 0 aliphatic heterocycles. The van der Waals surface area contributed by atoms with Crippen LogP contribution in [0, 0.1) is 0 Å². The summed E-state index contributed by atoms with van der Waals surface area (Å²) in [6, 6.07) is 3.69. The van der Waals surface area contributed by atoms with E-state index < -0.39 is 0 Å². The van der Waals surface area contributed by atoms with E-state index in [0.717, 1.165) is 49.7 Å². The SMILES string of the molecule is O=C=NC1(c2ccc(O)c3c2CCCC3)CC1. The van der Waals surface area contributed by atoms with Gasteiger partial charge in [0.15, 0.2) is 0 Å². The molecule has 0 amide bonds. The summed E-state index contributed by atoms with van der Waals surface area (Å²) in [5.41, 5.74) is 3.14. The van der Waals surface area contributed by atoms with Crippen LogP contribution in [0.3, 0.4) is 0 Å². The lowest BCUT2D eigenvalue weighted by Crippen LogP contribution is -2.12. The molecular formula is C14H15NO2. The van der Waals surface area contributed by atoms with E-state index in [9.17, 15) is 9.90 Å². The highest BCUT2D eigenvalue weighted by Crippen LogP contribution is 2.52. The van der Waals surface area contributed by atoms with Gasteiger partial charge >= 0.3 is 0 Å². The highest BCUT2D eigenvalue weighted by molar-refractivity contribution is 5.52. The number of aromatic hydroxyl groups is 1. The van der Waals surface area contributed by atoms with Crippen molar-refractivity contribution in [2.24, 2.45) is 4.99 Å². The molecule has 88 valence electrons. The van der Waals surface area contributed by atoms with Gasteiger partial charge in [-0.15, -0.1) is 0 Å². The molecule has 2 aliphatic rings. The van der Waals surface area contributed by atoms with Crippen molar-refractivity contribution in [1.82, 2.24) is 0 Å². The zero-order valence-corrected chi connectivity index (χ0v) is 9.70. The Hall–Kier alpha value is -1.60. The summed E-state index contributed by atoms with van der Waals surface area (Å²) in [5, 5.41) is 9.89. The average Bonchev–Trinajstić information content (AvgIpc) is 3.11. The minimum Gasteiger partial charge on any atom is -0.508 e. The Morgan fingerprint density at radius 1 is 1.18 bits per heavy atom. The number of phenols is 1. The maximum Gasteiger partial charge on any atom is 0.235 e.